The Morgan fingerprint density at radius 2 is 2.00 bits per heavy atom. The zero-order valence-electron chi connectivity index (χ0n) is 17.3. The number of esters is 2. The van der Waals surface area contributed by atoms with Crippen molar-refractivity contribution < 1.29 is 28.9 Å². The molecule has 0 amide bonds. The lowest BCUT2D eigenvalue weighted by atomic mass is 9.58. The monoisotopic (exact) mass is 392 g/mol. The van der Waals surface area contributed by atoms with Crippen molar-refractivity contribution in [2.75, 3.05) is 0 Å². The maximum Gasteiger partial charge on any atom is 0.309 e. The van der Waals surface area contributed by atoms with Gasteiger partial charge in [0.1, 0.15) is 17.3 Å². The summed E-state index contributed by atoms with van der Waals surface area (Å²) < 4.78 is 18.5. The Hall–Kier alpha value is -1.40. The van der Waals surface area contributed by atoms with Crippen LogP contribution in [0.5, 0.6) is 0 Å². The van der Waals surface area contributed by atoms with Crippen LogP contribution in [0.4, 0.5) is 0 Å². The lowest BCUT2D eigenvalue weighted by molar-refractivity contribution is -0.180. The van der Waals surface area contributed by atoms with Gasteiger partial charge in [-0.05, 0) is 57.4 Å². The highest BCUT2D eigenvalue weighted by Gasteiger charge is 2.66. The molecule has 0 aromatic heterocycles. The van der Waals surface area contributed by atoms with E-state index in [0.717, 1.165) is 12.0 Å². The van der Waals surface area contributed by atoms with Crippen molar-refractivity contribution in [3.63, 3.8) is 0 Å². The highest BCUT2D eigenvalue weighted by molar-refractivity contribution is 5.73. The zero-order valence-corrected chi connectivity index (χ0v) is 17.3. The molecular formula is C22H32O6. The van der Waals surface area contributed by atoms with Crippen LogP contribution in [0.15, 0.2) is 12.2 Å². The van der Waals surface area contributed by atoms with Gasteiger partial charge in [-0.15, -0.1) is 0 Å². The second-order valence-electron chi connectivity index (χ2n) is 9.75. The van der Waals surface area contributed by atoms with Gasteiger partial charge >= 0.3 is 11.9 Å². The first kappa shape index (κ1) is 19.9. The van der Waals surface area contributed by atoms with E-state index in [4.69, 9.17) is 14.2 Å². The summed E-state index contributed by atoms with van der Waals surface area (Å²) in [6.07, 6.45) is 1.89. The molecule has 0 aromatic rings. The molecule has 6 nitrogen and oxygen atoms in total. The molecule has 0 spiro atoms. The van der Waals surface area contributed by atoms with Gasteiger partial charge in [0.15, 0.2) is 0 Å². The lowest BCUT2D eigenvalue weighted by Gasteiger charge is -2.48. The molecule has 6 heteroatoms. The number of hydrogen-bond donors (Lipinski definition) is 1. The molecule has 4 aliphatic rings. The molecule has 4 rings (SSSR count). The van der Waals surface area contributed by atoms with Crippen molar-refractivity contribution in [2.45, 2.75) is 89.3 Å². The van der Waals surface area contributed by atoms with E-state index < -0.39 is 17.3 Å². The molecule has 1 aliphatic carbocycles. The fourth-order valence-electron chi connectivity index (χ4n) is 6.43. The van der Waals surface area contributed by atoms with Gasteiger partial charge in [-0.3, -0.25) is 9.59 Å². The standard InChI is InChI=1S/C22H32O6/c1-11-10-16-18-17-14(6-8-21(18,4)27-13(3)23)12(2)20(25)28-22(5,19(17)26-16)9-7-15(11)24/h12,14-19,24H,1,6-10H2,2-5H3/t12-,14+,15-,16+,17+,18+,19+,21-,22+/m1/s1. The molecule has 0 radical (unpaired) electrons. The minimum absolute atomic E-state index is 0.0570. The Labute approximate surface area is 166 Å². The zero-order chi connectivity index (χ0) is 20.4. The number of aliphatic hydroxyl groups excluding tert-OH is 1. The van der Waals surface area contributed by atoms with Crippen LogP contribution in [0.25, 0.3) is 0 Å². The number of carbonyl (C=O) groups is 2. The summed E-state index contributed by atoms with van der Waals surface area (Å²) in [6.45, 7) is 11.4. The van der Waals surface area contributed by atoms with Crippen LogP contribution in [0.2, 0.25) is 0 Å². The van der Waals surface area contributed by atoms with Gasteiger partial charge in [-0.2, -0.15) is 0 Å². The van der Waals surface area contributed by atoms with Crippen molar-refractivity contribution in [3.05, 3.63) is 12.2 Å². The minimum atomic E-state index is -0.808. The topological polar surface area (TPSA) is 82.1 Å². The van der Waals surface area contributed by atoms with Crippen molar-refractivity contribution in [2.24, 2.45) is 23.7 Å². The third kappa shape index (κ3) is 2.91. The van der Waals surface area contributed by atoms with E-state index in [-0.39, 0.29) is 47.8 Å². The number of aliphatic hydroxyl groups is 1. The molecular weight excluding hydrogens is 360 g/mol. The third-order valence-electron chi connectivity index (χ3n) is 7.84. The molecule has 3 aliphatic heterocycles. The molecule has 28 heavy (non-hydrogen) atoms. The normalized spacial score (nSPS) is 50.7. The van der Waals surface area contributed by atoms with Crippen LogP contribution in [0.1, 0.15) is 59.8 Å². The van der Waals surface area contributed by atoms with Crippen LogP contribution in [-0.2, 0) is 23.8 Å². The largest absolute Gasteiger partial charge is 0.459 e. The predicted molar refractivity (Wildman–Crippen MR) is 101 cm³/mol. The van der Waals surface area contributed by atoms with Crippen LogP contribution in [0, 0.1) is 23.7 Å². The fraction of sp³-hybridized carbons (Fsp3) is 0.818. The van der Waals surface area contributed by atoms with Crippen molar-refractivity contribution >= 4 is 11.9 Å². The van der Waals surface area contributed by atoms with Crippen LogP contribution >= 0.6 is 0 Å². The molecule has 1 saturated carbocycles. The highest BCUT2D eigenvalue weighted by Crippen LogP contribution is 2.59. The van der Waals surface area contributed by atoms with Gasteiger partial charge in [0, 0.05) is 18.8 Å². The quantitative estimate of drug-likeness (QED) is 0.546. The number of rotatable bonds is 1. The van der Waals surface area contributed by atoms with E-state index >= 15 is 0 Å². The molecule has 0 unspecified atom stereocenters. The molecule has 1 N–H and O–H groups in total. The summed E-state index contributed by atoms with van der Waals surface area (Å²) in [5, 5.41) is 10.6. The number of fused-ring (bicyclic) bond motifs is 2. The Bertz CT molecular complexity index is 703. The lowest BCUT2D eigenvalue weighted by Crippen LogP contribution is -2.54. The first-order chi connectivity index (χ1) is 13.1. The van der Waals surface area contributed by atoms with Gasteiger partial charge in [-0.25, -0.2) is 0 Å². The summed E-state index contributed by atoms with van der Waals surface area (Å²) in [5.74, 6) is -0.572. The van der Waals surface area contributed by atoms with Crippen LogP contribution in [0.3, 0.4) is 0 Å². The molecule has 3 heterocycles. The first-order valence-electron chi connectivity index (χ1n) is 10.5. The van der Waals surface area contributed by atoms with Gasteiger partial charge in [-0.1, -0.05) is 13.5 Å². The van der Waals surface area contributed by atoms with Gasteiger partial charge in [0.25, 0.3) is 0 Å². The first-order valence-corrected chi connectivity index (χ1v) is 10.5. The van der Waals surface area contributed by atoms with E-state index in [9.17, 15) is 14.7 Å². The average molecular weight is 392 g/mol. The average Bonchev–Trinajstić information content (AvgIpc) is 2.97. The van der Waals surface area contributed by atoms with Crippen molar-refractivity contribution in [1.29, 1.82) is 0 Å². The van der Waals surface area contributed by atoms with E-state index in [2.05, 4.69) is 6.58 Å². The van der Waals surface area contributed by atoms with E-state index in [0.29, 0.717) is 25.7 Å². The van der Waals surface area contributed by atoms with E-state index in [1.165, 1.54) is 6.92 Å². The second-order valence-corrected chi connectivity index (χ2v) is 9.75. The Kier molecular flexibility index (Phi) is 4.66. The predicted octanol–water partition coefficient (Wildman–Crippen LogP) is 2.77. The summed E-state index contributed by atoms with van der Waals surface area (Å²) in [4.78, 5) is 24.8. The van der Waals surface area contributed by atoms with E-state index in [1.807, 2.05) is 20.8 Å². The number of carbonyl (C=O) groups excluding carboxylic acids is 2. The third-order valence-corrected chi connectivity index (χ3v) is 7.84. The van der Waals surface area contributed by atoms with Gasteiger partial charge < -0.3 is 19.3 Å². The smallest absolute Gasteiger partial charge is 0.309 e. The summed E-state index contributed by atoms with van der Waals surface area (Å²) in [6, 6.07) is 0. The summed E-state index contributed by atoms with van der Waals surface area (Å²) in [7, 11) is 0. The summed E-state index contributed by atoms with van der Waals surface area (Å²) >= 11 is 0. The number of ether oxygens (including phenoxy) is 3. The molecule has 0 aromatic carbocycles. The maximum atomic E-state index is 12.9. The number of hydrogen-bond acceptors (Lipinski definition) is 6. The maximum absolute atomic E-state index is 12.9. The minimum Gasteiger partial charge on any atom is -0.459 e. The summed E-state index contributed by atoms with van der Waals surface area (Å²) in [5.41, 5.74) is -0.734. The molecule has 156 valence electrons. The van der Waals surface area contributed by atoms with Crippen molar-refractivity contribution in [3.8, 4) is 0 Å². The second kappa shape index (κ2) is 6.56. The molecule has 9 atom stereocenters. The van der Waals surface area contributed by atoms with E-state index in [1.54, 1.807) is 0 Å². The molecule has 4 fully saturated rings. The molecule has 3 saturated heterocycles. The van der Waals surface area contributed by atoms with Gasteiger partial charge in [0.05, 0.1) is 18.1 Å². The fourth-order valence-corrected chi connectivity index (χ4v) is 6.43. The highest BCUT2D eigenvalue weighted by atomic mass is 16.6. The Morgan fingerprint density at radius 1 is 1.29 bits per heavy atom. The van der Waals surface area contributed by atoms with Crippen LogP contribution in [-0.4, -0.2) is 46.6 Å². The molecule has 2 bridgehead atoms. The Morgan fingerprint density at radius 3 is 2.68 bits per heavy atom. The Balaban J connectivity index is 1.84. The van der Waals surface area contributed by atoms with Crippen molar-refractivity contribution in [1.82, 2.24) is 0 Å². The van der Waals surface area contributed by atoms with Crippen LogP contribution < -0.4 is 0 Å². The van der Waals surface area contributed by atoms with Gasteiger partial charge in [0.2, 0.25) is 0 Å². The SMILES string of the molecule is C=C1C[C@@H]2O[C@H]3[C@H]4[C@@H](CC[C@@](C)(OC(C)=O)[C@H]42)[C@@H](C)C(=O)O[C@@]3(C)CC[C@H]1O.